The van der Waals surface area contributed by atoms with Gasteiger partial charge in [-0.3, -0.25) is 4.79 Å². The van der Waals surface area contributed by atoms with Gasteiger partial charge in [-0.05, 0) is 31.0 Å². The third-order valence-corrected chi connectivity index (χ3v) is 3.13. The van der Waals surface area contributed by atoms with Crippen molar-refractivity contribution in [2.75, 3.05) is 10.6 Å². The number of primary amides is 1. The minimum atomic E-state index is -0.663. The van der Waals surface area contributed by atoms with Crippen molar-refractivity contribution in [3.63, 3.8) is 0 Å². The first-order valence-corrected chi connectivity index (χ1v) is 6.56. The summed E-state index contributed by atoms with van der Waals surface area (Å²) in [5.41, 5.74) is 6.31. The van der Waals surface area contributed by atoms with E-state index in [9.17, 15) is 9.59 Å². The summed E-state index contributed by atoms with van der Waals surface area (Å²) in [6, 6.07) is 7.67. The molecule has 21 heavy (non-hydrogen) atoms. The number of hydrogen-bond acceptors (Lipinski definition) is 4. The molecule has 0 radical (unpaired) electrons. The maximum absolute atomic E-state index is 12.1. The number of amides is 3. The number of carbonyl (C=O) groups is 2. The van der Waals surface area contributed by atoms with Crippen LogP contribution in [0.2, 0.25) is 0 Å². The second kappa shape index (κ2) is 5.28. The van der Waals surface area contributed by atoms with Crippen molar-refractivity contribution >= 4 is 23.3 Å². The maximum Gasteiger partial charge on any atom is 0.316 e. The Kier molecular flexibility index (Phi) is 3.31. The molecule has 0 saturated heterocycles. The molecule has 0 spiro atoms. The van der Waals surface area contributed by atoms with Gasteiger partial charge in [-0.25, -0.2) is 4.79 Å². The Labute approximate surface area is 120 Å². The molecule has 1 aliphatic rings. The first kappa shape index (κ1) is 13.2. The molecule has 1 aromatic heterocycles. The zero-order valence-electron chi connectivity index (χ0n) is 11.1. The highest BCUT2D eigenvalue weighted by Gasteiger charge is 2.28. The van der Waals surface area contributed by atoms with Crippen LogP contribution < -0.4 is 16.4 Å². The standard InChI is InChI=1S/C14H14N4O3/c15-14(20)17-10-3-1-2-9(6-10)16-13(19)11-7-12(21-18-11)8-4-5-8/h1-3,6-8H,4-5H2,(H,16,19)(H3,15,17,20). The number of nitrogens with zero attached hydrogens (tertiary/aromatic N) is 1. The number of benzene rings is 1. The van der Waals surface area contributed by atoms with Gasteiger partial charge >= 0.3 is 6.03 Å². The monoisotopic (exact) mass is 286 g/mol. The van der Waals surface area contributed by atoms with Crippen molar-refractivity contribution in [3.05, 3.63) is 41.8 Å². The molecule has 3 amide bonds. The summed E-state index contributed by atoms with van der Waals surface area (Å²) in [5.74, 6) is 0.799. The van der Waals surface area contributed by atoms with E-state index in [0.717, 1.165) is 18.6 Å². The van der Waals surface area contributed by atoms with Crippen LogP contribution in [0.3, 0.4) is 0 Å². The van der Waals surface area contributed by atoms with E-state index < -0.39 is 6.03 Å². The van der Waals surface area contributed by atoms with Gasteiger partial charge in [-0.2, -0.15) is 0 Å². The second-order valence-electron chi connectivity index (χ2n) is 4.91. The first-order chi connectivity index (χ1) is 10.1. The van der Waals surface area contributed by atoms with Crippen molar-refractivity contribution in [1.82, 2.24) is 5.16 Å². The average molecular weight is 286 g/mol. The Morgan fingerprint density at radius 2 is 1.90 bits per heavy atom. The Morgan fingerprint density at radius 3 is 2.57 bits per heavy atom. The lowest BCUT2D eigenvalue weighted by Crippen LogP contribution is -2.19. The molecule has 3 rings (SSSR count). The molecular weight excluding hydrogens is 272 g/mol. The third kappa shape index (κ3) is 3.19. The van der Waals surface area contributed by atoms with Crippen LogP contribution in [0.1, 0.15) is 35.0 Å². The number of anilines is 2. The Morgan fingerprint density at radius 1 is 1.19 bits per heavy atom. The van der Waals surface area contributed by atoms with E-state index in [1.54, 1.807) is 30.3 Å². The van der Waals surface area contributed by atoms with Crippen LogP contribution in [-0.4, -0.2) is 17.1 Å². The van der Waals surface area contributed by atoms with Crippen molar-refractivity contribution < 1.29 is 14.1 Å². The van der Waals surface area contributed by atoms with Gasteiger partial charge in [0.2, 0.25) is 0 Å². The molecule has 1 saturated carbocycles. The van der Waals surface area contributed by atoms with Gasteiger partial charge in [0.1, 0.15) is 5.76 Å². The van der Waals surface area contributed by atoms with E-state index in [4.69, 9.17) is 10.3 Å². The first-order valence-electron chi connectivity index (χ1n) is 6.56. The Balaban J connectivity index is 1.69. The van der Waals surface area contributed by atoms with Crippen molar-refractivity contribution in [2.45, 2.75) is 18.8 Å². The van der Waals surface area contributed by atoms with Gasteiger partial charge < -0.3 is 20.9 Å². The average Bonchev–Trinajstić information content (AvgIpc) is 3.16. The number of rotatable bonds is 4. The molecule has 0 atom stereocenters. The predicted octanol–water partition coefficient (Wildman–Crippen LogP) is 2.29. The molecule has 1 fully saturated rings. The second-order valence-corrected chi connectivity index (χ2v) is 4.91. The van der Waals surface area contributed by atoms with E-state index in [1.807, 2.05) is 0 Å². The topological polar surface area (TPSA) is 110 Å². The lowest BCUT2D eigenvalue weighted by Gasteiger charge is -2.06. The van der Waals surface area contributed by atoms with Gasteiger partial charge in [0.25, 0.3) is 5.91 Å². The SMILES string of the molecule is NC(=O)Nc1cccc(NC(=O)c2cc(C3CC3)on2)c1. The summed E-state index contributed by atoms with van der Waals surface area (Å²) in [4.78, 5) is 22.9. The van der Waals surface area contributed by atoms with Crippen LogP contribution in [-0.2, 0) is 0 Å². The summed E-state index contributed by atoms with van der Waals surface area (Å²) in [5, 5.41) is 8.90. The lowest BCUT2D eigenvalue weighted by molar-refractivity contribution is 0.101. The molecule has 7 nitrogen and oxygen atoms in total. The molecule has 1 aliphatic carbocycles. The summed E-state index contributed by atoms with van der Waals surface area (Å²) < 4.78 is 5.14. The van der Waals surface area contributed by atoms with Gasteiger partial charge in [0.15, 0.2) is 5.69 Å². The zero-order chi connectivity index (χ0) is 14.8. The van der Waals surface area contributed by atoms with Crippen molar-refractivity contribution in [3.8, 4) is 0 Å². The number of urea groups is 1. The highest BCUT2D eigenvalue weighted by molar-refractivity contribution is 6.03. The molecule has 108 valence electrons. The summed E-state index contributed by atoms with van der Waals surface area (Å²) in [7, 11) is 0. The summed E-state index contributed by atoms with van der Waals surface area (Å²) >= 11 is 0. The quantitative estimate of drug-likeness (QED) is 0.800. The van der Waals surface area contributed by atoms with E-state index in [-0.39, 0.29) is 11.6 Å². The highest BCUT2D eigenvalue weighted by atomic mass is 16.5. The number of nitrogens with two attached hydrogens (primary N) is 1. The van der Waals surface area contributed by atoms with Gasteiger partial charge in [-0.15, -0.1) is 0 Å². The molecule has 0 unspecified atom stereocenters. The van der Waals surface area contributed by atoms with Crippen LogP contribution in [0.5, 0.6) is 0 Å². The number of nitrogens with one attached hydrogen (secondary N) is 2. The minimum absolute atomic E-state index is 0.241. The minimum Gasteiger partial charge on any atom is -0.360 e. The molecule has 1 heterocycles. The normalized spacial score (nSPS) is 13.7. The number of aromatic nitrogens is 1. The van der Waals surface area contributed by atoms with E-state index >= 15 is 0 Å². The van der Waals surface area contributed by atoms with E-state index in [0.29, 0.717) is 17.3 Å². The lowest BCUT2D eigenvalue weighted by atomic mass is 10.2. The summed E-state index contributed by atoms with van der Waals surface area (Å²) in [6.45, 7) is 0. The molecule has 4 N–H and O–H groups in total. The van der Waals surface area contributed by atoms with Crippen LogP contribution in [0.15, 0.2) is 34.9 Å². The predicted molar refractivity (Wildman–Crippen MR) is 76.1 cm³/mol. The molecule has 2 aromatic rings. The van der Waals surface area contributed by atoms with Gasteiger partial charge in [0.05, 0.1) is 0 Å². The van der Waals surface area contributed by atoms with Crippen molar-refractivity contribution in [2.24, 2.45) is 5.73 Å². The Hall–Kier alpha value is -2.83. The van der Waals surface area contributed by atoms with Crippen molar-refractivity contribution in [1.29, 1.82) is 0 Å². The Bertz CT molecular complexity index is 691. The molecule has 0 aliphatic heterocycles. The maximum atomic E-state index is 12.1. The number of hydrogen-bond donors (Lipinski definition) is 3. The third-order valence-electron chi connectivity index (χ3n) is 3.13. The van der Waals surface area contributed by atoms with E-state index in [2.05, 4.69) is 15.8 Å². The highest BCUT2D eigenvalue weighted by Crippen LogP contribution is 2.40. The van der Waals surface area contributed by atoms with E-state index in [1.165, 1.54) is 0 Å². The van der Waals surface area contributed by atoms with Crippen LogP contribution in [0, 0.1) is 0 Å². The smallest absolute Gasteiger partial charge is 0.316 e. The van der Waals surface area contributed by atoms with Crippen LogP contribution in [0.4, 0.5) is 16.2 Å². The van der Waals surface area contributed by atoms with Crippen LogP contribution in [0.25, 0.3) is 0 Å². The van der Waals surface area contributed by atoms with Gasteiger partial charge in [-0.1, -0.05) is 11.2 Å². The fraction of sp³-hybridized carbons (Fsp3) is 0.214. The molecule has 0 bridgehead atoms. The zero-order valence-corrected chi connectivity index (χ0v) is 11.1. The van der Waals surface area contributed by atoms with Gasteiger partial charge in [0, 0.05) is 23.4 Å². The fourth-order valence-electron chi connectivity index (χ4n) is 1.97. The summed E-state index contributed by atoms with van der Waals surface area (Å²) in [6.07, 6.45) is 2.16. The fourth-order valence-corrected chi connectivity index (χ4v) is 1.97. The molecular formula is C14H14N4O3. The molecule has 7 heteroatoms. The number of carbonyl (C=O) groups excluding carboxylic acids is 2. The molecule has 1 aromatic carbocycles. The largest absolute Gasteiger partial charge is 0.360 e. The van der Waals surface area contributed by atoms with Crippen LogP contribution >= 0.6 is 0 Å².